The highest BCUT2D eigenvalue weighted by molar-refractivity contribution is 6.00. The standard InChI is InChI=1S/C15H28O5/c1-6-10-15(12(16)19-8-3,13(17)20-9-4)11-14(5,18)7-2/h18H,6-11H2,1-5H3. The van der Waals surface area contributed by atoms with E-state index in [0.29, 0.717) is 19.3 Å². The number of carbonyl (C=O) groups is 2. The first-order valence-corrected chi connectivity index (χ1v) is 7.36. The molecule has 0 saturated heterocycles. The number of ether oxygens (including phenoxy) is 2. The first-order chi connectivity index (χ1) is 9.29. The van der Waals surface area contributed by atoms with Gasteiger partial charge < -0.3 is 14.6 Å². The van der Waals surface area contributed by atoms with Crippen LogP contribution in [0.1, 0.15) is 60.3 Å². The first-order valence-electron chi connectivity index (χ1n) is 7.36. The van der Waals surface area contributed by atoms with Crippen molar-refractivity contribution in [3.63, 3.8) is 0 Å². The lowest BCUT2D eigenvalue weighted by molar-refractivity contribution is -0.178. The van der Waals surface area contributed by atoms with Crippen LogP contribution in [0.4, 0.5) is 0 Å². The summed E-state index contributed by atoms with van der Waals surface area (Å²) in [6, 6.07) is 0. The van der Waals surface area contributed by atoms with Crippen LogP contribution >= 0.6 is 0 Å². The monoisotopic (exact) mass is 288 g/mol. The van der Waals surface area contributed by atoms with E-state index in [-0.39, 0.29) is 19.6 Å². The molecule has 0 spiro atoms. The molecule has 0 aromatic carbocycles. The van der Waals surface area contributed by atoms with Crippen LogP contribution in [-0.4, -0.2) is 35.9 Å². The van der Waals surface area contributed by atoms with Crippen LogP contribution in [0.15, 0.2) is 0 Å². The van der Waals surface area contributed by atoms with Gasteiger partial charge in [0.15, 0.2) is 5.41 Å². The van der Waals surface area contributed by atoms with E-state index in [1.165, 1.54) is 0 Å². The SMILES string of the molecule is CCCC(CC(C)(O)CC)(C(=O)OCC)C(=O)OCC. The van der Waals surface area contributed by atoms with Gasteiger partial charge >= 0.3 is 11.9 Å². The maximum absolute atomic E-state index is 12.3. The average molecular weight is 288 g/mol. The Morgan fingerprint density at radius 3 is 1.75 bits per heavy atom. The normalized spacial score (nSPS) is 14.5. The highest BCUT2D eigenvalue weighted by Crippen LogP contribution is 2.37. The molecule has 5 nitrogen and oxygen atoms in total. The third-order valence-electron chi connectivity index (χ3n) is 3.45. The second-order valence-corrected chi connectivity index (χ2v) is 5.30. The van der Waals surface area contributed by atoms with Gasteiger partial charge in [-0.3, -0.25) is 9.59 Å². The molecule has 0 heterocycles. The Labute approximate surface area is 121 Å². The van der Waals surface area contributed by atoms with Gasteiger partial charge in [-0.1, -0.05) is 20.3 Å². The fourth-order valence-electron chi connectivity index (χ4n) is 2.26. The Kier molecular flexibility index (Phi) is 7.79. The van der Waals surface area contributed by atoms with Crippen molar-refractivity contribution in [1.29, 1.82) is 0 Å². The molecule has 0 aromatic rings. The molecule has 20 heavy (non-hydrogen) atoms. The number of esters is 2. The third kappa shape index (κ3) is 4.78. The summed E-state index contributed by atoms with van der Waals surface area (Å²) in [4.78, 5) is 24.7. The lowest BCUT2D eigenvalue weighted by atomic mass is 9.73. The van der Waals surface area contributed by atoms with Crippen LogP contribution in [0.25, 0.3) is 0 Å². The lowest BCUT2D eigenvalue weighted by Gasteiger charge is -2.35. The van der Waals surface area contributed by atoms with Crippen molar-refractivity contribution in [2.24, 2.45) is 5.41 Å². The van der Waals surface area contributed by atoms with E-state index in [2.05, 4.69) is 0 Å². The van der Waals surface area contributed by atoms with Gasteiger partial charge in [0, 0.05) is 6.42 Å². The van der Waals surface area contributed by atoms with E-state index in [1.54, 1.807) is 20.8 Å². The van der Waals surface area contributed by atoms with Crippen LogP contribution in [0, 0.1) is 5.41 Å². The Hall–Kier alpha value is -1.10. The highest BCUT2D eigenvalue weighted by Gasteiger charge is 2.51. The van der Waals surface area contributed by atoms with E-state index in [9.17, 15) is 14.7 Å². The first kappa shape index (κ1) is 18.9. The van der Waals surface area contributed by atoms with Gasteiger partial charge in [0.25, 0.3) is 0 Å². The predicted molar refractivity (Wildman–Crippen MR) is 76.1 cm³/mol. The Balaban J connectivity index is 5.54. The molecule has 118 valence electrons. The molecular weight excluding hydrogens is 260 g/mol. The van der Waals surface area contributed by atoms with Crippen LogP contribution in [-0.2, 0) is 19.1 Å². The van der Waals surface area contributed by atoms with Gasteiger partial charge in [0.1, 0.15) is 0 Å². The van der Waals surface area contributed by atoms with Crippen LogP contribution in [0.5, 0.6) is 0 Å². The van der Waals surface area contributed by atoms with Crippen molar-refractivity contribution in [3.05, 3.63) is 0 Å². The van der Waals surface area contributed by atoms with Crippen molar-refractivity contribution in [2.45, 2.75) is 65.9 Å². The number of carbonyl (C=O) groups excluding carboxylic acids is 2. The molecule has 0 aliphatic rings. The van der Waals surface area contributed by atoms with Crippen LogP contribution < -0.4 is 0 Å². The van der Waals surface area contributed by atoms with Gasteiger partial charge in [-0.2, -0.15) is 0 Å². The molecule has 0 saturated carbocycles. The summed E-state index contributed by atoms with van der Waals surface area (Å²) in [5.74, 6) is -1.21. The molecule has 5 heteroatoms. The van der Waals surface area contributed by atoms with Gasteiger partial charge in [-0.05, 0) is 33.6 Å². The second-order valence-electron chi connectivity index (χ2n) is 5.30. The van der Waals surface area contributed by atoms with Gasteiger partial charge in [0.05, 0.1) is 18.8 Å². The minimum Gasteiger partial charge on any atom is -0.465 e. The summed E-state index contributed by atoms with van der Waals surface area (Å²) in [7, 11) is 0. The quantitative estimate of drug-likeness (QED) is 0.521. The maximum Gasteiger partial charge on any atom is 0.323 e. The fraction of sp³-hybridized carbons (Fsp3) is 0.867. The number of hydrogen-bond acceptors (Lipinski definition) is 5. The molecular formula is C15H28O5. The van der Waals surface area contributed by atoms with Crippen molar-refractivity contribution >= 4 is 11.9 Å². The van der Waals surface area contributed by atoms with E-state index in [0.717, 1.165) is 0 Å². The Bertz CT molecular complexity index is 304. The smallest absolute Gasteiger partial charge is 0.323 e. The summed E-state index contributed by atoms with van der Waals surface area (Å²) >= 11 is 0. The van der Waals surface area contributed by atoms with Gasteiger partial charge in [-0.15, -0.1) is 0 Å². The summed E-state index contributed by atoms with van der Waals surface area (Å²) in [5, 5.41) is 10.3. The number of aliphatic hydroxyl groups is 1. The lowest BCUT2D eigenvalue weighted by Crippen LogP contribution is -2.47. The Morgan fingerprint density at radius 2 is 1.45 bits per heavy atom. The summed E-state index contributed by atoms with van der Waals surface area (Å²) in [6.07, 6.45) is 1.39. The molecule has 0 aliphatic carbocycles. The van der Waals surface area contributed by atoms with Crippen LogP contribution in [0.3, 0.4) is 0 Å². The zero-order valence-corrected chi connectivity index (χ0v) is 13.3. The minimum atomic E-state index is -1.42. The molecule has 0 aromatic heterocycles. The third-order valence-corrected chi connectivity index (χ3v) is 3.45. The second kappa shape index (κ2) is 8.25. The van der Waals surface area contributed by atoms with Crippen molar-refractivity contribution in [3.8, 4) is 0 Å². The predicted octanol–water partition coefficient (Wildman–Crippen LogP) is 2.45. The Morgan fingerprint density at radius 1 is 1.00 bits per heavy atom. The molecule has 1 unspecified atom stereocenters. The molecule has 0 bridgehead atoms. The van der Waals surface area contributed by atoms with Crippen LogP contribution in [0.2, 0.25) is 0 Å². The molecule has 0 amide bonds. The average Bonchev–Trinajstić information content (AvgIpc) is 2.38. The maximum atomic E-state index is 12.3. The topological polar surface area (TPSA) is 72.8 Å². The zero-order chi connectivity index (χ0) is 15.8. The summed E-state index contributed by atoms with van der Waals surface area (Å²) in [6.45, 7) is 9.09. The number of hydrogen-bond donors (Lipinski definition) is 1. The molecule has 0 aliphatic heterocycles. The zero-order valence-electron chi connectivity index (χ0n) is 13.3. The summed E-state index contributed by atoms with van der Waals surface area (Å²) < 4.78 is 10.1. The summed E-state index contributed by atoms with van der Waals surface area (Å²) in [5.41, 5.74) is -2.53. The highest BCUT2D eigenvalue weighted by atomic mass is 16.6. The van der Waals surface area contributed by atoms with E-state index in [1.807, 2.05) is 13.8 Å². The van der Waals surface area contributed by atoms with Crippen molar-refractivity contribution < 1.29 is 24.2 Å². The molecule has 1 N–H and O–H groups in total. The van der Waals surface area contributed by atoms with E-state index >= 15 is 0 Å². The van der Waals surface area contributed by atoms with E-state index in [4.69, 9.17) is 9.47 Å². The van der Waals surface area contributed by atoms with Crippen molar-refractivity contribution in [2.75, 3.05) is 13.2 Å². The molecule has 0 radical (unpaired) electrons. The molecule has 1 atom stereocenters. The molecule has 0 fully saturated rings. The largest absolute Gasteiger partial charge is 0.465 e. The van der Waals surface area contributed by atoms with Gasteiger partial charge in [-0.25, -0.2) is 0 Å². The van der Waals surface area contributed by atoms with Crippen molar-refractivity contribution in [1.82, 2.24) is 0 Å². The minimum absolute atomic E-state index is 0.0159. The van der Waals surface area contributed by atoms with E-state index < -0.39 is 23.0 Å². The molecule has 0 rings (SSSR count). The van der Waals surface area contributed by atoms with Gasteiger partial charge in [0.2, 0.25) is 0 Å². The number of rotatable bonds is 9. The fourth-order valence-corrected chi connectivity index (χ4v) is 2.26.